The molecule has 0 saturated heterocycles. The first-order valence-corrected chi connectivity index (χ1v) is 6.42. The van der Waals surface area contributed by atoms with Crippen molar-refractivity contribution in [3.8, 4) is 0 Å². The van der Waals surface area contributed by atoms with E-state index in [1.165, 1.54) is 5.39 Å². The lowest BCUT2D eigenvalue weighted by atomic mass is 10.0. The van der Waals surface area contributed by atoms with E-state index in [2.05, 4.69) is 29.6 Å². The van der Waals surface area contributed by atoms with Crippen molar-refractivity contribution in [2.45, 2.75) is 12.5 Å². The van der Waals surface area contributed by atoms with Gasteiger partial charge in [0.1, 0.15) is 0 Å². The predicted octanol–water partition coefficient (Wildman–Crippen LogP) is 0.785. The minimum atomic E-state index is -0.535. The van der Waals surface area contributed by atoms with Crippen LogP contribution in [0.4, 0.5) is 0 Å². The Bertz CT molecular complexity index is 568. The molecular weight excluding hydrogens is 238 g/mol. The number of nitrogens with one attached hydrogen (secondary N) is 1. The van der Waals surface area contributed by atoms with Gasteiger partial charge in [-0.05, 0) is 22.8 Å². The van der Waals surface area contributed by atoms with Gasteiger partial charge in [0.25, 0.3) is 0 Å². The molecular formula is C15H19N3O. The molecule has 0 aromatic heterocycles. The van der Waals surface area contributed by atoms with Gasteiger partial charge in [0.15, 0.2) is 0 Å². The summed E-state index contributed by atoms with van der Waals surface area (Å²) in [4.78, 5) is 11.7. The van der Waals surface area contributed by atoms with Crippen LogP contribution in [0.25, 0.3) is 10.8 Å². The second kappa shape index (κ2) is 6.31. The summed E-state index contributed by atoms with van der Waals surface area (Å²) in [6.45, 7) is 0.888. The average molecular weight is 257 g/mol. The van der Waals surface area contributed by atoms with Gasteiger partial charge in [-0.3, -0.25) is 4.79 Å². The Balaban J connectivity index is 2.06. The number of hydrogen-bond acceptors (Lipinski definition) is 3. The molecule has 0 aliphatic heterocycles. The molecule has 0 spiro atoms. The zero-order valence-corrected chi connectivity index (χ0v) is 10.8. The lowest BCUT2D eigenvalue weighted by molar-refractivity contribution is -0.122. The standard InChI is InChI=1S/C15H19N3O/c16-7-8-18-15(19)14(17)10-11-5-6-12-3-1-2-4-13(12)9-11/h1-6,9,14H,7-8,10,16-17H2,(H,18,19)/t14-/m1/s1. The van der Waals surface area contributed by atoms with Crippen LogP contribution in [0.1, 0.15) is 5.56 Å². The summed E-state index contributed by atoms with van der Waals surface area (Å²) in [5, 5.41) is 5.05. The van der Waals surface area contributed by atoms with E-state index >= 15 is 0 Å². The molecule has 1 amide bonds. The van der Waals surface area contributed by atoms with Crippen molar-refractivity contribution >= 4 is 16.7 Å². The Morgan fingerprint density at radius 1 is 1.16 bits per heavy atom. The van der Waals surface area contributed by atoms with Crippen molar-refractivity contribution < 1.29 is 4.79 Å². The molecule has 0 bridgehead atoms. The average Bonchev–Trinajstić information content (AvgIpc) is 2.44. The fourth-order valence-corrected chi connectivity index (χ4v) is 2.04. The largest absolute Gasteiger partial charge is 0.353 e. The maximum absolute atomic E-state index is 11.7. The third-order valence-corrected chi connectivity index (χ3v) is 3.05. The summed E-state index contributed by atoms with van der Waals surface area (Å²) >= 11 is 0. The fraction of sp³-hybridized carbons (Fsp3) is 0.267. The highest BCUT2D eigenvalue weighted by molar-refractivity contribution is 5.84. The molecule has 2 aromatic rings. The normalized spacial score (nSPS) is 12.3. The van der Waals surface area contributed by atoms with Gasteiger partial charge in [0, 0.05) is 13.1 Å². The molecule has 0 fully saturated rings. The van der Waals surface area contributed by atoms with Gasteiger partial charge in [-0.2, -0.15) is 0 Å². The van der Waals surface area contributed by atoms with Crippen LogP contribution in [0.5, 0.6) is 0 Å². The highest BCUT2D eigenvalue weighted by atomic mass is 16.2. The summed E-state index contributed by atoms with van der Waals surface area (Å²) < 4.78 is 0. The molecule has 0 saturated carbocycles. The van der Waals surface area contributed by atoms with Crippen molar-refractivity contribution in [2.75, 3.05) is 13.1 Å². The Morgan fingerprint density at radius 3 is 2.63 bits per heavy atom. The number of benzene rings is 2. The summed E-state index contributed by atoms with van der Waals surface area (Å²) in [7, 11) is 0. The van der Waals surface area contributed by atoms with Crippen molar-refractivity contribution in [2.24, 2.45) is 11.5 Å². The molecule has 0 radical (unpaired) electrons. The molecule has 19 heavy (non-hydrogen) atoms. The van der Waals surface area contributed by atoms with Gasteiger partial charge in [-0.15, -0.1) is 0 Å². The molecule has 4 heteroatoms. The van der Waals surface area contributed by atoms with E-state index < -0.39 is 6.04 Å². The minimum Gasteiger partial charge on any atom is -0.353 e. The minimum absolute atomic E-state index is 0.154. The number of carbonyl (C=O) groups excluding carboxylic acids is 1. The molecule has 2 rings (SSSR count). The third-order valence-electron chi connectivity index (χ3n) is 3.05. The molecule has 0 aliphatic carbocycles. The van der Waals surface area contributed by atoms with Crippen LogP contribution < -0.4 is 16.8 Å². The first-order chi connectivity index (χ1) is 9.20. The van der Waals surface area contributed by atoms with Gasteiger partial charge in [-0.25, -0.2) is 0 Å². The molecule has 1 atom stereocenters. The monoisotopic (exact) mass is 257 g/mol. The number of nitrogens with two attached hydrogens (primary N) is 2. The van der Waals surface area contributed by atoms with Crippen LogP contribution in [-0.2, 0) is 11.2 Å². The van der Waals surface area contributed by atoms with E-state index in [-0.39, 0.29) is 5.91 Å². The van der Waals surface area contributed by atoms with Crippen LogP contribution in [0.2, 0.25) is 0 Å². The maximum atomic E-state index is 11.7. The molecule has 0 heterocycles. The Kier molecular flexibility index (Phi) is 4.49. The number of rotatable bonds is 5. The number of hydrogen-bond donors (Lipinski definition) is 3. The van der Waals surface area contributed by atoms with Crippen LogP contribution >= 0.6 is 0 Å². The van der Waals surface area contributed by atoms with E-state index in [9.17, 15) is 4.79 Å². The van der Waals surface area contributed by atoms with E-state index in [0.717, 1.165) is 10.9 Å². The lowest BCUT2D eigenvalue weighted by Crippen LogP contribution is -2.43. The van der Waals surface area contributed by atoms with Crippen LogP contribution in [0.15, 0.2) is 42.5 Å². The Morgan fingerprint density at radius 2 is 1.89 bits per heavy atom. The van der Waals surface area contributed by atoms with Gasteiger partial charge in [-0.1, -0.05) is 42.5 Å². The van der Waals surface area contributed by atoms with Crippen LogP contribution in [-0.4, -0.2) is 25.0 Å². The number of amides is 1. The molecule has 100 valence electrons. The Hall–Kier alpha value is -1.91. The van der Waals surface area contributed by atoms with Crippen molar-refractivity contribution in [3.05, 3.63) is 48.0 Å². The maximum Gasteiger partial charge on any atom is 0.237 e. The third kappa shape index (κ3) is 3.53. The van der Waals surface area contributed by atoms with E-state index in [0.29, 0.717) is 19.5 Å². The molecule has 0 aliphatic rings. The van der Waals surface area contributed by atoms with Gasteiger partial charge in [0.05, 0.1) is 6.04 Å². The van der Waals surface area contributed by atoms with E-state index in [4.69, 9.17) is 11.5 Å². The van der Waals surface area contributed by atoms with Gasteiger partial charge in [0.2, 0.25) is 5.91 Å². The smallest absolute Gasteiger partial charge is 0.237 e. The number of carbonyl (C=O) groups is 1. The van der Waals surface area contributed by atoms with Crippen molar-refractivity contribution in [3.63, 3.8) is 0 Å². The molecule has 4 nitrogen and oxygen atoms in total. The zero-order valence-electron chi connectivity index (χ0n) is 10.8. The summed E-state index contributed by atoms with van der Waals surface area (Å²) in [6, 6.07) is 13.7. The predicted molar refractivity (Wildman–Crippen MR) is 77.7 cm³/mol. The van der Waals surface area contributed by atoms with Crippen LogP contribution in [0.3, 0.4) is 0 Å². The van der Waals surface area contributed by atoms with Crippen molar-refractivity contribution in [1.82, 2.24) is 5.32 Å². The van der Waals surface area contributed by atoms with Crippen molar-refractivity contribution in [1.29, 1.82) is 0 Å². The lowest BCUT2D eigenvalue weighted by Gasteiger charge is -2.12. The Labute approximate surface area is 112 Å². The van der Waals surface area contributed by atoms with E-state index in [1.807, 2.05) is 18.2 Å². The molecule has 5 N–H and O–H groups in total. The second-order valence-corrected chi connectivity index (χ2v) is 4.57. The highest BCUT2D eigenvalue weighted by Gasteiger charge is 2.13. The first kappa shape index (κ1) is 13.5. The van der Waals surface area contributed by atoms with E-state index in [1.54, 1.807) is 0 Å². The molecule has 2 aromatic carbocycles. The number of fused-ring (bicyclic) bond motifs is 1. The fourth-order valence-electron chi connectivity index (χ4n) is 2.04. The highest BCUT2D eigenvalue weighted by Crippen LogP contribution is 2.16. The van der Waals surface area contributed by atoms with Crippen LogP contribution in [0, 0.1) is 0 Å². The summed E-state index contributed by atoms with van der Waals surface area (Å²) in [5.41, 5.74) is 12.3. The summed E-state index contributed by atoms with van der Waals surface area (Å²) in [5.74, 6) is -0.154. The second-order valence-electron chi connectivity index (χ2n) is 4.57. The summed E-state index contributed by atoms with van der Waals surface area (Å²) in [6.07, 6.45) is 0.529. The quantitative estimate of drug-likeness (QED) is 0.740. The first-order valence-electron chi connectivity index (χ1n) is 6.42. The van der Waals surface area contributed by atoms with Gasteiger partial charge >= 0.3 is 0 Å². The van der Waals surface area contributed by atoms with Gasteiger partial charge < -0.3 is 16.8 Å². The molecule has 0 unspecified atom stereocenters. The zero-order chi connectivity index (χ0) is 13.7. The SMILES string of the molecule is NCCNC(=O)[C@H](N)Cc1ccc2ccccc2c1. The topological polar surface area (TPSA) is 81.1 Å².